The van der Waals surface area contributed by atoms with Crippen LogP contribution in [0.2, 0.25) is 5.02 Å². The van der Waals surface area contributed by atoms with E-state index < -0.39 is 5.43 Å². The van der Waals surface area contributed by atoms with Crippen molar-refractivity contribution in [2.75, 3.05) is 39.4 Å². The lowest BCUT2D eigenvalue weighted by atomic mass is 10.2. The Kier molecular flexibility index (Phi) is 7.88. The average molecular weight is 408 g/mol. The predicted molar refractivity (Wildman–Crippen MR) is 108 cm³/mol. The fourth-order valence-corrected chi connectivity index (χ4v) is 3.11. The Balaban J connectivity index is 1.44. The number of nitrogens with zero attached hydrogens (tertiary/aromatic N) is 1. The summed E-state index contributed by atoms with van der Waals surface area (Å²) in [5.74, 6) is 0.503. The molecule has 0 amide bonds. The molecule has 2 heterocycles. The van der Waals surface area contributed by atoms with E-state index in [-0.39, 0.29) is 11.5 Å². The van der Waals surface area contributed by atoms with E-state index in [0.29, 0.717) is 38.6 Å². The highest BCUT2D eigenvalue weighted by atomic mass is 35.5. The van der Waals surface area contributed by atoms with Gasteiger partial charge in [-0.3, -0.25) is 9.69 Å². The van der Waals surface area contributed by atoms with Crippen molar-refractivity contribution in [1.82, 2.24) is 15.5 Å². The molecule has 0 radical (unpaired) electrons. The molecule has 0 atom stereocenters. The Bertz CT molecular complexity index is 804. The lowest BCUT2D eigenvalue weighted by Crippen LogP contribution is -2.35. The third-order valence-corrected chi connectivity index (χ3v) is 4.79. The molecule has 1 aliphatic heterocycles. The van der Waals surface area contributed by atoms with Crippen LogP contribution in [0.3, 0.4) is 0 Å². The second-order valence-electron chi connectivity index (χ2n) is 6.72. The third kappa shape index (κ3) is 6.32. The zero-order chi connectivity index (χ0) is 19.8. The summed E-state index contributed by atoms with van der Waals surface area (Å²) in [6, 6.07) is 9.06. The molecular weight excluding hydrogens is 382 g/mol. The average Bonchev–Trinajstić information content (AvgIpc) is 2.70. The molecule has 1 fully saturated rings. The topological polar surface area (TPSA) is 87.0 Å². The zero-order valence-electron chi connectivity index (χ0n) is 15.7. The molecule has 0 spiro atoms. The van der Waals surface area contributed by atoms with E-state index in [2.05, 4.69) is 15.5 Å². The van der Waals surface area contributed by atoms with Gasteiger partial charge in [-0.15, -0.1) is 0 Å². The summed E-state index contributed by atoms with van der Waals surface area (Å²) in [5.41, 5.74) is 0.746. The number of benzene rings is 1. The van der Waals surface area contributed by atoms with Gasteiger partial charge in [-0.2, -0.15) is 0 Å². The molecule has 28 heavy (non-hydrogen) atoms. The lowest BCUT2D eigenvalue weighted by molar-refractivity contribution is 0.0308. The van der Waals surface area contributed by atoms with Crippen molar-refractivity contribution >= 4 is 11.6 Å². The first kappa shape index (κ1) is 20.8. The van der Waals surface area contributed by atoms with Gasteiger partial charge in [0.05, 0.1) is 26.3 Å². The number of hydrogen-bond donors (Lipinski definition) is 3. The second-order valence-corrected chi connectivity index (χ2v) is 7.15. The number of ether oxygens (including phenoxy) is 1. The minimum absolute atomic E-state index is 0.272. The number of nitrogens with one attached hydrogen (secondary N) is 2. The maximum atomic E-state index is 12.0. The minimum Gasteiger partial charge on any atom is -0.502 e. The number of rotatable bonds is 9. The zero-order valence-corrected chi connectivity index (χ0v) is 16.5. The van der Waals surface area contributed by atoms with Crippen molar-refractivity contribution in [3.63, 3.8) is 0 Å². The van der Waals surface area contributed by atoms with Crippen LogP contribution in [-0.2, 0) is 24.4 Å². The van der Waals surface area contributed by atoms with Crippen LogP contribution in [0.1, 0.15) is 17.1 Å². The molecule has 1 aliphatic rings. The highest BCUT2D eigenvalue weighted by Crippen LogP contribution is 2.15. The predicted octanol–water partition coefficient (Wildman–Crippen LogP) is 1.71. The summed E-state index contributed by atoms with van der Waals surface area (Å²) >= 11 is 5.87. The standard InChI is InChI=1S/C20H26ClN3O4/c21-16-3-1-15(2-4-16)12-22-5-6-23-13-19-20(26)18(25)11-17(28-19)14-24-7-9-27-10-8-24/h1-4,11,22-23,26H,5-10,12-14H2. The quantitative estimate of drug-likeness (QED) is 0.545. The van der Waals surface area contributed by atoms with E-state index in [0.717, 1.165) is 36.8 Å². The van der Waals surface area contributed by atoms with Crippen molar-refractivity contribution in [3.8, 4) is 5.75 Å². The Morgan fingerprint density at radius 3 is 2.46 bits per heavy atom. The van der Waals surface area contributed by atoms with Gasteiger partial charge in [0.15, 0.2) is 5.76 Å². The summed E-state index contributed by atoms with van der Waals surface area (Å²) < 4.78 is 11.1. The van der Waals surface area contributed by atoms with Crippen LogP contribution in [-0.4, -0.2) is 49.4 Å². The molecule has 3 rings (SSSR count). The second kappa shape index (κ2) is 10.6. The third-order valence-electron chi connectivity index (χ3n) is 4.53. The number of hydrogen-bond acceptors (Lipinski definition) is 7. The minimum atomic E-state index is -0.410. The van der Waals surface area contributed by atoms with Crippen LogP contribution in [0.15, 0.2) is 39.5 Å². The summed E-state index contributed by atoms with van der Waals surface area (Å²) in [7, 11) is 0. The van der Waals surface area contributed by atoms with E-state index in [9.17, 15) is 9.90 Å². The largest absolute Gasteiger partial charge is 0.502 e. The van der Waals surface area contributed by atoms with Crippen molar-refractivity contribution < 1.29 is 14.3 Å². The summed E-state index contributed by atoms with van der Waals surface area (Å²) in [6.45, 7) is 5.95. The van der Waals surface area contributed by atoms with Gasteiger partial charge in [-0.05, 0) is 17.7 Å². The molecule has 0 bridgehead atoms. The summed E-state index contributed by atoms with van der Waals surface area (Å²) in [5, 5.41) is 17.2. The maximum absolute atomic E-state index is 12.0. The van der Waals surface area contributed by atoms with Gasteiger partial charge in [-0.25, -0.2) is 0 Å². The highest BCUT2D eigenvalue weighted by Gasteiger charge is 2.15. The molecule has 0 aliphatic carbocycles. The van der Waals surface area contributed by atoms with Gasteiger partial charge in [-0.1, -0.05) is 23.7 Å². The molecule has 0 unspecified atom stereocenters. The van der Waals surface area contributed by atoms with Gasteiger partial charge in [0.25, 0.3) is 0 Å². The van der Waals surface area contributed by atoms with E-state index in [1.54, 1.807) is 0 Å². The Labute approximate surface area is 169 Å². The molecule has 8 heteroatoms. The summed E-state index contributed by atoms with van der Waals surface area (Å²) in [4.78, 5) is 14.2. The summed E-state index contributed by atoms with van der Waals surface area (Å²) in [6.07, 6.45) is 0. The van der Waals surface area contributed by atoms with E-state index in [1.807, 2.05) is 24.3 Å². The van der Waals surface area contributed by atoms with Crippen molar-refractivity contribution in [1.29, 1.82) is 0 Å². The molecule has 3 N–H and O–H groups in total. The molecule has 0 saturated carbocycles. The Morgan fingerprint density at radius 2 is 1.75 bits per heavy atom. The first-order valence-corrected chi connectivity index (χ1v) is 9.80. The first-order valence-electron chi connectivity index (χ1n) is 9.42. The number of halogens is 1. The van der Waals surface area contributed by atoms with Gasteiger partial charge < -0.3 is 24.9 Å². The van der Waals surface area contributed by atoms with Crippen LogP contribution >= 0.6 is 11.6 Å². The number of aromatic hydroxyl groups is 1. The van der Waals surface area contributed by atoms with Crippen LogP contribution in [0.4, 0.5) is 0 Å². The molecule has 1 aromatic heterocycles. The Morgan fingerprint density at radius 1 is 1.07 bits per heavy atom. The van der Waals surface area contributed by atoms with Gasteiger partial charge in [0.1, 0.15) is 5.76 Å². The fraction of sp³-hybridized carbons (Fsp3) is 0.450. The van der Waals surface area contributed by atoms with E-state index in [1.165, 1.54) is 6.07 Å². The first-order chi connectivity index (χ1) is 13.6. The van der Waals surface area contributed by atoms with Gasteiger partial charge in [0.2, 0.25) is 11.2 Å². The molecule has 7 nitrogen and oxygen atoms in total. The molecule has 1 aromatic carbocycles. The molecule has 152 valence electrons. The van der Waals surface area contributed by atoms with Gasteiger partial charge >= 0.3 is 0 Å². The van der Waals surface area contributed by atoms with Crippen LogP contribution in [0.25, 0.3) is 0 Å². The molecular formula is C20H26ClN3O4. The molecule has 2 aromatic rings. The van der Waals surface area contributed by atoms with Crippen molar-refractivity contribution in [3.05, 3.63) is 62.7 Å². The smallest absolute Gasteiger partial charge is 0.227 e. The SMILES string of the molecule is O=c1cc(CN2CCOCC2)oc(CNCCNCc2ccc(Cl)cc2)c1O. The maximum Gasteiger partial charge on any atom is 0.227 e. The monoisotopic (exact) mass is 407 g/mol. The van der Waals surface area contributed by atoms with E-state index >= 15 is 0 Å². The lowest BCUT2D eigenvalue weighted by Gasteiger charge is -2.26. The van der Waals surface area contributed by atoms with Crippen LogP contribution < -0.4 is 16.1 Å². The number of morpholine rings is 1. The van der Waals surface area contributed by atoms with Crippen molar-refractivity contribution in [2.45, 2.75) is 19.6 Å². The fourth-order valence-electron chi connectivity index (χ4n) is 2.98. The van der Waals surface area contributed by atoms with Crippen molar-refractivity contribution in [2.24, 2.45) is 0 Å². The van der Waals surface area contributed by atoms with Crippen LogP contribution in [0.5, 0.6) is 5.75 Å². The van der Waals surface area contributed by atoms with Gasteiger partial charge in [0, 0.05) is 43.8 Å². The molecule has 1 saturated heterocycles. The van der Waals surface area contributed by atoms with E-state index in [4.69, 9.17) is 20.8 Å². The normalized spacial score (nSPS) is 15.0. The Hall–Kier alpha value is -1.90. The highest BCUT2D eigenvalue weighted by molar-refractivity contribution is 6.30. The van der Waals surface area contributed by atoms with Crippen LogP contribution in [0, 0.1) is 0 Å².